The first kappa shape index (κ1) is 22.5. The van der Waals surface area contributed by atoms with Gasteiger partial charge in [0, 0.05) is 62.7 Å². The van der Waals surface area contributed by atoms with Gasteiger partial charge in [0.15, 0.2) is 0 Å². The Morgan fingerprint density at radius 3 is 2.20 bits per heavy atom. The minimum absolute atomic E-state index is 0.0111. The highest BCUT2D eigenvalue weighted by atomic mass is 16.2. The predicted molar refractivity (Wildman–Crippen MR) is 122 cm³/mol. The van der Waals surface area contributed by atoms with Gasteiger partial charge in [-0.15, -0.1) is 0 Å². The molecule has 3 heterocycles. The lowest BCUT2D eigenvalue weighted by Gasteiger charge is -2.46. The number of nitrogens with one attached hydrogen (secondary N) is 1. The topological polar surface area (TPSA) is 73.7 Å². The van der Waals surface area contributed by atoms with Crippen molar-refractivity contribution < 1.29 is 4.79 Å². The van der Waals surface area contributed by atoms with E-state index in [0.29, 0.717) is 18.3 Å². The van der Waals surface area contributed by atoms with Crippen LogP contribution in [0.3, 0.4) is 0 Å². The van der Waals surface area contributed by atoms with Crippen molar-refractivity contribution in [3.8, 4) is 0 Å². The van der Waals surface area contributed by atoms with Crippen LogP contribution in [0, 0.1) is 5.41 Å². The van der Waals surface area contributed by atoms with Gasteiger partial charge in [-0.25, -0.2) is 9.97 Å². The highest BCUT2D eigenvalue weighted by Crippen LogP contribution is 2.32. The zero-order valence-electron chi connectivity index (χ0n) is 19.4. The first-order valence-electron chi connectivity index (χ1n) is 11.3. The summed E-state index contributed by atoms with van der Waals surface area (Å²) in [6.07, 6.45) is 10.2. The number of aromatic nitrogens is 2. The van der Waals surface area contributed by atoms with Crippen LogP contribution in [0.15, 0.2) is 17.5 Å². The van der Waals surface area contributed by atoms with E-state index >= 15 is 0 Å². The smallest absolute Gasteiger partial charge is 0.223 e. The van der Waals surface area contributed by atoms with Gasteiger partial charge in [0.1, 0.15) is 0 Å². The molecule has 1 N–H and O–H groups in total. The molecule has 0 saturated carbocycles. The summed E-state index contributed by atoms with van der Waals surface area (Å²) in [6.45, 7) is 11.6. The molecular formula is C23H38N6O. The van der Waals surface area contributed by atoms with Crippen molar-refractivity contribution in [2.24, 2.45) is 10.5 Å². The van der Waals surface area contributed by atoms with Crippen LogP contribution < -0.4 is 5.32 Å². The molecule has 1 aromatic rings. The van der Waals surface area contributed by atoms with E-state index in [-0.39, 0.29) is 29.5 Å². The second kappa shape index (κ2) is 9.31. The molecule has 1 fully saturated rings. The molecule has 0 radical (unpaired) electrons. The fourth-order valence-corrected chi connectivity index (χ4v) is 4.63. The lowest BCUT2D eigenvalue weighted by molar-refractivity contribution is -0.140. The molecule has 3 rings (SSSR count). The molecule has 166 valence electrons. The molecule has 7 nitrogen and oxygen atoms in total. The number of rotatable bonds is 6. The van der Waals surface area contributed by atoms with Crippen molar-refractivity contribution in [2.45, 2.75) is 90.8 Å². The Hall–Kier alpha value is -2.18. The molecule has 1 saturated heterocycles. The van der Waals surface area contributed by atoms with E-state index in [1.807, 2.05) is 30.7 Å². The second-order valence-electron chi connectivity index (χ2n) is 10.0. The maximum atomic E-state index is 13.1. The molecule has 0 spiro atoms. The zero-order chi connectivity index (χ0) is 21.9. The summed E-state index contributed by atoms with van der Waals surface area (Å²) in [7, 11) is 1.97. The van der Waals surface area contributed by atoms with Crippen LogP contribution in [0.2, 0.25) is 0 Å². The van der Waals surface area contributed by atoms with E-state index in [1.54, 1.807) is 0 Å². The summed E-state index contributed by atoms with van der Waals surface area (Å²) in [5, 5.41) is 9.77. The molecule has 1 unspecified atom stereocenters. The standard InChI is InChI=1S/C23H38N6O/c1-7-19-9-18(10-20(8-2)29(19)21(30)11-23(3,4)5)27-22-24-12-16(13-25-22)17-14-26-28(6)15-17/h12-14,17-20H,7-11,15H2,1-6H3,(H,24,25,27)/t17?,18-,19+,20-. The summed E-state index contributed by atoms with van der Waals surface area (Å²) < 4.78 is 0. The van der Waals surface area contributed by atoms with E-state index in [4.69, 9.17) is 0 Å². The average molecular weight is 415 g/mol. The summed E-state index contributed by atoms with van der Waals surface area (Å²) in [4.78, 5) is 24.4. The van der Waals surface area contributed by atoms with E-state index in [2.05, 4.69) is 59.9 Å². The maximum absolute atomic E-state index is 13.1. The first-order valence-corrected chi connectivity index (χ1v) is 11.3. The Labute approximate surface area is 181 Å². The molecule has 1 aromatic heterocycles. The minimum atomic E-state index is 0.0111. The molecule has 4 atom stereocenters. The number of hydrogen-bond donors (Lipinski definition) is 1. The number of likely N-dealkylation sites (N-methyl/N-ethyl adjacent to an activating group) is 1. The fraction of sp³-hybridized carbons (Fsp3) is 0.739. The van der Waals surface area contributed by atoms with Gasteiger partial charge >= 0.3 is 0 Å². The molecular weight excluding hydrogens is 376 g/mol. The van der Waals surface area contributed by atoms with Crippen molar-refractivity contribution >= 4 is 18.1 Å². The largest absolute Gasteiger partial charge is 0.351 e. The van der Waals surface area contributed by atoms with E-state index in [0.717, 1.165) is 37.8 Å². The Morgan fingerprint density at radius 1 is 1.13 bits per heavy atom. The van der Waals surface area contributed by atoms with Crippen molar-refractivity contribution in [1.29, 1.82) is 0 Å². The van der Waals surface area contributed by atoms with Gasteiger partial charge in [0.2, 0.25) is 11.9 Å². The van der Waals surface area contributed by atoms with Crippen LogP contribution in [0.5, 0.6) is 0 Å². The SMILES string of the molecule is CC[C@@H]1C[C@H](Nc2ncc(C3C=NN(C)C3)cn2)C[C@H](CC)N1C(=O)CC(C)(C)C. The molecule has 2 aliphatic rings. The van der Waals surface area contributed by atoms with Gasteiger partial charge in [-0.3, -0.25) is 9.80 Å². The Kier molecular flexibility index (Phi) is 6.98. The molecule has 2 aliphatic heterocycles. The summed E-state index contributed by atoms with van der Waals surface area (Å²) in [6, 6.07) is 0.810. The van der Waals surface area contributed by atoms with E-state index in [9.17, 15) is 4.79 Å². The van der Waals surface area contributed by atoms with Crippen LogP contribution in [-0.4, -0.2) is 63.7 Å². The summed E-state index contributed by atoms with van der Waals surface area (Å²) >= 11 is 0. The third-order valence-corrected chi connectivity index (χ3v) is 6.15. The number of amides is 1. The number of carbonyl (C=O) groups excluding carboxylic acids is 1. The Bertz CT molecular complexity index is 727. The van der Waals surface area contributed by atoms with Crippen molar-refractivity contribution in [3.63, 3.8) is 0 Å². The van der Waals surface area contributed by atoms with Gasteiger partial charge in [-0.1, -0.05) is 34.6 Å². The van der Waals surface area contributed by atoms with Crippen LogP contribution in [0.25, 0.3) is 0 Å². The lowest BCUT2D eigenvalue weighted by atomic mass is 9.85. The quantitative estimate of drug-likeness (QED) is 0.764. The fourth-order valence-electron chi connectivity index (χ4n) is 4.63. The lowest BCUT2D eigenvalue weighted by Crippen LogP contribution is -2.55. The Morgan fingerprint density at radius 2 is 1.73 bits per heavy atom. The molecule has 0 aromatic carbocycles. The zero-order valence-corrected chi connectivity index (χ0v) is 19.4. The number of carbonyl (C=O) groups is 1. The number of piperidine rings is 1. The van der Waals surface area contributed by atoms with Gasteiger partial charge in [-0.05, 0) is 36.7 Å². The van der Waals surface area contributed by atoms with E-state index in [1.165, 1.54) is 0 Å². The maximum Gasteiger partial charge on any atom is 0.223 e. The van der Waals surface area contributed by atoms with Gasteiger partial charge in [0.25, 0.3) is 0 Å². The third-order valence-electron chi connectivity index (χ3n) is 6.15. The van der Waals surface area contributed by atoms with Crippen molar-refractivity contribution in [3.05, 3.63) is 18.0 Å². The number of anilines is 1. The molecule has 1 amide bonds. The Balaban J connectivity index is 1.65. The van der Waals surface area contributed by atoms with E-state index < -0.39 is 0 Å². The number of hydrogen-bond acceptors (Lipinski definition) is 6. The molecule has 0 aliphatic carbocycles. The monoisotopic (exact) mass is 414 g/mol. The minimum Gasteiger partial charge on any atom is -0.351 e. The van der Waals surface area contributed by atoms with Crippen molar-refractivity contribution in [2.75, 3.05) is 18.9 Å². The highest BCUT2D eigenvalue weighted by molar-refractivity contribution is 5.77. The van der Waals surface area contributed by atoms with Gasteiger partial charge in [0.05, 0.1) is 0 Å². The normalized spacial score (nSPS) is 26.9. The predicted octanol–water partition coefficient (Wildman–Crippen LogP) is 3.89. The highest BCUT2D eigenvalue weighted by Gasteiger charge is 2.38. The molecule has 0 bridgehead atoms. The van der Waals surface area contributed by atoms with Gasteiger partial charge in [-0.2, -0.15) is 5.10 Å². The third kappa shape index (κ3) is 5.49. The number of nitrogens with zero attached hydrogens (tertiary/aromatic N) is 5. The second-order valence-corrected chi connectivity index (χ2v) is 10.0. The average Bonchev–Trinajstić information content (AvgIpc) is 3.12. The van der Waals surface area contributed by atoms with Gasteiger partial charge < -0.3 is 10.2 Å². The van der Waals surface area contributed by atoms with Crippen LogP contribution in [0.1, 0.15) is 78.2 Å². The number of likely N-dealkylation sites (tertiary alicyclic amines) is 1. The number of hydrazone groups is 1. The van der Waals surface area contributed by atoms with Crippen LogP contribution >= 0.6 is 0 Å². The van der Waals surface area contributed by atoms with Crippen LogP contribution in [-0.2, 0) is 4.79 Å². The first-order chi connectivity index (χ1) is 14.2. The van der Waals surface area contributed by atoms with Crippen molar-refractivity contribution in [1.82, 2.24) is 19.9 Å². The molecule has 30 heavy (non-hydrogen) atoms. The van der Waals surface area contributed by atoms with Crippen LogP contribution in [0.4, 0.5) is 5.95 Å². The molecule has 7 heteroatoms. The summed E-state index contributed by atoms with van der Waals surface area (Å²) in [5.41, 5.74) is 1.10. The summed E-state index contributed by atoms with van der Waals surface area (Å²) in [5.74, 6) is 1.23.